The number of rotatable bonds is 4. The Morgan fingerprint density at radius 2 is 0.837 bits per heavy atom. The molecule has 0 N–H and O–H groups in total. The van der Waals surface area contributed by atoms with E-state index in [4.69, 9.17) is 19.4 Å². The second kappa shape index (κ2) is 11.0. The van der Waals surface area contributed by atoms with Crippen molar-refractivity contribution >= 4 is 54.3 Å². The summed E-state index contributed by atoms with van der Waals surface area (Å²) < 4.78 is 6.76. The van der Waals surface area contributed by atoms with Crippen LogP contribution in [-0.4, -0.2) is 15.0 Å². The van der Waals surface area contributed by atoms with Crippen molar-refractivity contribution in [3.8, 4) is 45.3 Å². The van der Waals surface area contributed by atoms with Crippen LogP contribution in [0, 0.1) is 0 Å². The van der Waals surface area contributed by atoms with E-state index in [0.717, 1.165) is 71.3 Å². The molecule has 0 aliphatic heterocycles. The number of furan rings is 1. The first-order valence-electron chi connectivity index (χ1n) is 16.4. The van der Waals surface area contributed by atoms with Gasteiger partial charge in [-0.05, 0) is 62.8 Å². The minimum Gasteiger partial charge on any atom is -0.455 e. The van der Waals surface area contributed by atoms with Gasteiger partial charge in [-0.25, -0.2) is 15.0 Å². The van der Waals surface area contributed by atoms with Gasteiger partial charge in [0.15, 0.2) is 17.5 Å². The molecule has 2 aromatic heterocycles. The third-order valence-corrected chi connectivity index (χ3v) is 9.46. The largest absolute Gasteiger partial charge is 0.455 e. The van der Waals surface area contributed by atoms with E-state index >= 15 is 0 Å². The standard InChI is InChI=1S/C45H27N3O/c1-2-12-30(13-3-1)39-26-36(27-40-38-23-22-31-14-8-9-17-37(31)41(38)49-42(39)40)45-47-43(34-20-18-28-10-4-6-15-32(28)24-34)46-44(48-45)35-21-19-29-11-5-7-16-33(29)25-35/h1-27H. The van der Waals surface area contributed by atoms with E-state index in [1.807, 2.05) is 6.07 Å². The van der Waals surface area contributed by atoms with Crippen molar-refractivity contribution < 1.29 is 4.42 Å². The van der Waals surface area contributed by atoms with Gasteiger partial charge in [-0.15, -0.1) is 0 Å². The van der Waals surface area contributed by atoms with Crippen molar-refractivity contribution in [2.75, 3.05) is 0 Å². The molecule has 0 bridgehead atoms. The highest BCUT2D eigenvalue weighted by Gasteiger charge is 2.19. The minimum absolute atomic E-state index is 0.607. The SMILES string of the molecule is c1ccc(-c2cc(-c3nc(-c4ccc5ccccc5c4)nc(-c4ccc5ccccc5c4)n3)cc3c2oc2c4ccccc4ccc32)cc1. The summed E-state index contributed by atoms with van der Waals surface area (Å²) in [5.41, 5.74) is 6.56. The number of benzene rings is 8. The van der Waals surface area contributed by atoms with Crippen molar-refractivity contribution in [1.29, 1.82) is 0 Å². The lowest BCUT2D eigenvalue weighted by molar-refractivity contribution is 0.674. The molecule has 4 nitrogen and oxygen atoms in total. The summed E-state index contributed by atoms with van der Waals surface area (Å²) >= 11 is 0. The van der Waals surface area contributed by atoms with Gasteiger partial charge in [0.2, 0.25) is 0 Å². The van der Waals surface area contributed by atoms with Crippen LogP contribution in [0.25, 0.3) is 99.5 Å². The Morgan fingerprint density at radius 3 is 1.49 bits per heavy atom. The highest BCUT2D eigenvalue weighted by atomic mass is 16.3. The quantitative estimate of drug-likeness (QED) is 0.195. The monoisotopic (exact) mass is 625 g/mol. The lowest BCUT2D eigenvalue weighted by Crippen LogP contribution is -2.00. The third-order valence-electron chi connectivity index (χ3n) is 9.46. The first kappa shape index (κ1) is 27.5. The highest BCUT2D eigenvalue weighted by molar-refractivity contribution is 6.18. The van der Waals surface area contributed by atoms with Crippen LogP contribution in [-0.2, 0) is 0 Å². The number of hydrogen-bond acceptors (Lipinski definition) is 4. The van der Waals surface area contributed by atoms with E-state index in [-0.39, 0.29) is 0 Å². The predicted octanol–water partition coefficient (Wildman–Crippen LogP) is 11.9. The molecule has 49 heavy (non-hydrogen) atoms. The summed E-state index contributed by atoms with van der Waals surface area (Å²) in [4.78, 5) is 15.4. The normalized spacial score (nSPS) is 11.7. The fraction of sp³-hybridized carbons (Fsp3) is 0. The molecular weight excluding hydrogens is 599 g/mol. The molecule has 0 amide bonds. The molecule has 0 aliphatic carbocycles. The average molecular weight is 626 g/mol. The van der Waals surface area contributed by atoms with Crippen LogP contribution in [0.15, 0.2) is 168 Å². The topological polar surface area (TPSA) is 51.8 Å². The highest BCUT2D eigenvalue weighted by Crippen LogP contribution is 2.41. The summed E-state index contributed by atoms with van der Waals surface area (Å²) in [5, 5.41) is 8.95. The zero-order chi connectivity index (χ0) is 32.3. The molecule has 228 valence electrons. The van der Waals surface area contributed by atoms with Gasteiger partial charge in [-0.3, -0.25) is 0 Å². The molecule has 4 heteroatoms. The predicted molar refractivity (Wildman–Crippen MR) is 201 cm³/mol. The molecule has 0 saturated heterocycles. The Kier molecular flexibility index (Phi) is 6.15. The summed E-state index contributed by atoms with van der Waals surface area (Å²) in [7, 11) is 0. The van der Waals surface area contributed by atoms with Crippen LogP contribution in [0.5, 0.6) is 0 Å². The summed E-state index contributed by atoms with van der Waals surface area (Å²) in [6, 6.07) is 56.9. The van der Waals surface area contributed by atoms with Gasteiger partial charge in [0.05, 0.1) is 0 Å². The van der Waals surface area contributed by atoms with E-state index in [2.05, 4.69) is 158 Å². The first-order chi connectivity index (χ1) is 24.2. The van der Waals surface area contributed by atoms with E-state index < -0.39 is 0 Å². The molecule has 0 radical (unpaired) electrons. The number of hydrogen-bond donors (Lipinski definition) is 0. The van der Waals surface area contributed by atoms with Gasteiger partial charge in [-0.1, -0.05) is 133 Å². The van der Waals surface area contributed by atoms with Crippen LogP contribution in [0.3, 0.4) is 0 Å². The Morgan fingerprint density at radius 1 is 0.306 bits per heavy atom. The number of fused-ring (bicyclic) bond motifs is 7. The molecule has 0 atom stereocenters. The van der Waals surface area contributed by atoms with Crippen LogP contribution in [0.1, 0.15) is 0 Å². The van der Waals surface area contributed by atoms with E-state index in [0.29, 0.717) is 17.5 Å². The molecule has 2 heterocycles. The maximum atomic E-state index is 6.76. The molecule has 0 aliphatic rings. The summed E-state index contributed by atoms with van der Waals surface area (Å²) in [6.45, 7) is 0. The lowest BCUT2D eigenvalue weighted by Gasteiger charge is -2.11. The fourth-order valence-electron chi connectivity index (χ4n) is 6.99. The van der Waals surface area contributed by atoms with Gasteiger partial charge < -0.3 is 4.42 Å². The zero-order valence-electron chi connectivity index (χ0n) is 26.3. The van der Waals surface area contributed by atoms with Crippen LogP contribution in [0.4, 0.5) is 0 Å². The van der Waals surface area contributed by atoms with Crippen LogP contribution in [0.2, 0.25) is 0 Å². The Hall–Kier alpha value is -6.65. The van der Waals surface area contributed by atoms with Crippen LogP contribution >= 0.6 is 0 Å². The molecule has 10 rings (SSSR count). The summed E-state index contributed by atoms with van der Waals surface area (Å²) in [6.07, 6.45) is 0. The molecule has 0 unspecified atom stereocenters. The first-order valence-corrected chi connectivity index (χ1v) is 16.4. The zero-order valence-corrected chi connectivity index (χ0v) is 26.3. The van der Waals surface area contributed by atoms with Gasteiger partial charge in [0.25, 0.3) is 0 Å². The van der Waals surface area contributed by atoms with Crippen molar-refractivity contribution in [1.82, 2.24) is 15.0 Å². The van der Waals surface area contributed by atoms with Gasteiger partial charge >= 0.3 is 0 Å². The van der Waals surface area contributed by atoms with Crippen molar-refractivity contribution in [2.45, 2.75) is 0 Å². The smallest absolute Gasteiger partial charge is 0.164 e. The second-order valence-corrected chi connectivity index (χ2v) is 12.5. The molecule has 8 aromatic carbocycles. The molecule has 10 aromatic rings. The van der Waals surface area contributed by atoms with E-state index in [1.165, 1.54) is 10.8 Å². The van der Waals surface area contributed by atoms with Crippen molar-refractivity contribution in [3.63, 3.8) is 0 Å². The van der Waals surface area contributed by atoms with Gasteiger partial charge in [0.1, 0.15) is 11.2 Å². The Balaban J connectivity index is 1.25. The molecule has 0 fully saturated rings. The van der Waals surface area contributed by atoms with E-state index in [1.54, 1.807) is 0 Å². The lowest BCUT2D eigenvalue weighted by atomic mass is 9.98. The third kappa shape index (κ3) is 4.65. The maximum Gasteiger partial charge on any atom is 0.164 e. The van der Waals surface area contributed by atoms with Gasteiger partial charge in [-0.2, -0.15) is 0 Å². The van der Waals surface area contributed by atoms with Crippen molar-refractivity contribution in [2.24, 2.45) is 0 Å². The van der Waals surface area contributed by atoms with Crippen LogP contribution < -0.4 is 0 Å². The fourth-order valence-corrected chi connectivity index (χ4v) is 6.99. The summed E-state index contributed by atoms with van der Waals surface area (Å²) in [5.74, 6) is 1.86. The van der Waals surface area contributed by atoms with Gasteiger partial charge in [0, 0.05) is 38.4 Å². The van der Waals surface area contributed by atoms with Crippen molar-refractivity contribution in [3.05, 3.63) is 164 Å². The number of nitrogens with zero attached hydrogens (tertiary/aromatic N) is 3. The maximum absolute atomic E-state index is 6.76. The second-order valence-electron chi connectivity index (χ2n) is 12.5. The number of aromatic nitrogens is 3. The molecule has 0 saturated carbocycles. The Bertz CT molecular complexity index is 2790. The molecule has 0 spiro atoms. The Labute approximate surface area is 282 Å². The molecular formula is C45H27N3O. The van der Waals surface area contributed by atoms with E-state index in [9.17, 15) is 0 Å². The average Bonchev–Trinajstić information content (AvgIpc) is 3.56. The minimum atomic E-state index is 0.607.